The maximum absolute atomic E-state index is 13.4. The average molecular weight is 506 g/mol. The van der Waals surface area contributed by atoms with Gasteiger partial charge in [-0.25, -0.2) is 8.42 Å². The highest BCUT2D eigenvalue weighted by molar-refractivity contribution is 7.88. The van der Waals surface area contributed by atoms with Gasteiger partial charge in [0.1, 0.15) is 0 Å². The molecule has 5 rings (SSSR count). The summed E-state index contributed by atoms with van der Waals surface area (Å²) in [5.41, 5.74) is 1.21. The van der Waals surface area contributed by atoms with Crippen molar-refractivity contribution in [2.45, 2.75) is 44.4 Å². The SMILES string of the molecule is CC1(C)CC2(CCN(CC(=O)Nc3cccc4ccccc34)CC2)CN1S(=O)(=O)Cc1ccccc1. The van der Waals surface area contributed by atoms with Crippen LogP contribution < -0.4 is 5.32 Å². The molecule has 0 aliphatic carbocycles. The molecule has 0 atom stereocenters. The van der Waals surface area contributed by atoms with Crippen LogP contribution in [0.2, 0.25) is 0 Å². The van der Waals surface area contributed by atoms with Crippen molar-refractivity contribution in [3.8, 4) is 0 Å². The highest BCUT2D eigenvalue weighted by Crippen LogP contribution is 2.49. The van der Waals surface area contributed by atoms with Crippen LogP contribution in [0.25, 0.3) is 10.8 Å². The highest BCUT2D eigenvalue weighted by atomic mass is 32.2. The van der Waals surface area contributed by atoms with Gasteiger partial charge in [0.25, 0.3) is 0 Å². The minimum absolute atomic E-state index is 0.0129. The molecule has 2 aliphatic heterocycles. The minimum Gasteiger partial charge on any atom is -0.324 e. The van der Waals surface area contributed by atoms with Gasteiger partial charge in [0.2, 0.25) is 15.9 Å². The first-order valence-corrected chi connectivity index (χ1v) is 14.3. The van der Waals surface area contributed by atoms with Crippen LogP contribution in [-0.2, 0) is 20.6 Å². The van der Waals surface area contributed by atoms with Crippen LogP contribution in [0.4, 0.5) is 5.69 Å². The Morgan fingerprint density at radius 3 is 2.33 bits per heavy atom. The number of benzene rings is 3. The molecule has 1 spiro atoms. The zero-order valence-electron chi connectivity index (χ0n) is 21.1. The molecule has 3 aromatic carbocycles. The van der Waals surface area contributed by atoms with Crippen molar-refractivity contribution in [2.24, 2.45) is 5.41 Å². The van der Waals surface area contributed by atoms with Crippen LogP contribution in [0.5, 0.6) is 0 Å². The Balaban J connectivity index is 1.20. The molecular formula is C29H35N3O3S. The molecule has 2 fully saturated rings. The predicted molar refractivity (Wildman–Crippen MR) is 145 cm³/mol. The zero-order valence-corrected chi connectivity index (χ0v) is 21.9. The topological polar surface area (TPSA) is 69.7 Å². The first kappa shape index (κ1) is 24.9. The van der Waals surface area contributed by atoms with E-state index in [1.54, 1.807) is 4.31 Å². The number of sulfonamides is 1. The molecule has 2 heterocycles. The number of nitrogens with zero attached hydrogens (tertiary/aromatic N) is 2. The van der Waals surface area contributed by atoms with E-state index in [1.807, 2.05) is 86.6 Å². The van der Waals surface area contributed by atoms with E-state index in [-0.39, 0.29) is 17.1 Å². The van der Waals surface area contributed by atoms with E-state index < -0.39 is 15.6 Å². The lowest BCUT2D eigenvalue weighted by atomic mass is 9.74. The van der Waals surface area contributed by atoms with Crippen LogP contribution in [-0.4, -0.2) is 55.2 Å². The summed E-state index contributed by atoms with van der Waals surface area (Å²) in [5, 5.41) is 5.23. The molecule has 2 aliphatic rings. The molecule has 0 unspecified atom stereocenters. The molecule has 0 aromatic heterocycles. The summed E-state index contributed by atoms with van der Waals surface area (Å²) in [4.78, 5) is 15.1. The summed E-state index contributed by atoms with van der Waals surface area (Å²) < 4.78 is 28.5. The van der Waals surface area contributed by atoms with Gasteiger partial charge in [-0.05, 0) is 68.6 Å². The number of likely N-dealkylation sites (tertiary alicyclic amines) is 1. The van der Waals surface area contributed by atoms with Gasteiger partial charge in [0, 0.05) is 23.2 Å². The molecule has 0 saturated carbocycles. The fourth-order valence-corrected chi connectivity index (χ4v) is 8.22. The van der Waals surface area contributed by atoms with Gasteiger partial charge in [-0.3, -0.25) is 9.69 Å². The summed E-state index contributed by atoms with van der Waals surface area (Å²) in [6.45, 7) is 6.60. The fourth-order valence-electron chi connectivity index (χ4n) is 6.17. The van der Waals surface area contributed by atoms with Crippen LogP contribution in [0.15, 0.2) is 72.8 Å². The normalized spacial score (nSPS) is 20.1. The molecule has 6 nitrogen and oxygen atoms in total. The van der Waals surface area contributed by atoms with E-state index in [9.17, 15) is 13.2 Å². The summed E-state index contributed by atoms with van der Waals surface area (Å²) in [5.74, 6) is 0.0227. The maximum Gasteiger partial charge on any atom is 0.238 e. The van der Waals surface area contributed by atoms with Crippen molar-refractivity contribution in [1.82, 2.24) is 9.21 Å². The third kappa shape index (κ3) is 5.19. The number of carbonyl (C=O) groups is 1. The number of fused-ring (bicyclic) bond motifs is 1. The van der Waals surface area contributed by atoms with Crippen molar-refractivity contribution in [3.63, 3.8) is 0 Å². The van der Waals surface area contributed by atoms with Crippen molar-refractivity contribution in [2.75, 3.05) is 31.5 Å². The molecule has 1 amide bonds. The number of nitrogens with one attached hydrogen (secondary N) is 1. The van der Waals surface area contributed by atoms with E-state index in [2.05, 4.69) is 10.2 Å². The second kappa shape index (κ2) is 9.61. The minimum atomic E-state index is -3.43. The molecule has 0 radical (unpaired) electrons. The van der Waals surface area contributed by atoms with E-state index in [1.165, 1.54) is 0 Å². The Morgan fingerprint density at radius 2 is 1.58 bits per heavy atom. The number of anilines is 1. The third-order valence-electron chi connectivity index (χ3n) is 7.84. The van der Waals surface area contributed by atoms with Gasteiger partial charge in [-0.1, -0.05) is 66.7 Å². The Labute approximate surface area is 214 Å². The number of amides is 1. The molecule has 3 aromatic rings. The Hall–Kier alpha value is -2.74. The largest absolute Gasteiger partial charge is 0.324 e. The predicted octanol–water partition coefficient (Wildman–Crippen LogP) is 4.87. The van der Waals surface area contributed by atoms with Crippen molar-refractivity contribution in [3.05, 3.63) is 78.4 Å². The van der Waals surface area contributed by atoms with E-state index in [0.717, 1.165) is 54.4 Å². The Bertz CT molecular complexity index is 1340. The van der Waals surface area contributed by atoms with E-state index in [4.69, 9.17) is 0 Å². The van der Waals surface area contributed by atoms with Crippen LogP contribution in [0, 0.1) is 5.41 Å². The molecule has 7 heteroatoms. The Morgan fingerprint density at radius 1 is 0.917 bits per heavy atom. The molecule has 190 valence electrons. The molecule has 2 saturated heterocycles. The lowest BCUT2D eigenvalue weighted by Gasteiger charge is -2.39. The lowest BCUT2D eigenvalue weighted by molar-refractivity contribution is -0.117. The molecule has 36 heavy (non-hydrogen) atoms. The summed E-state index contributed by atoms with van der Waals surface area (Å²) in [6, 6.07) is 23.4. The number of rotatable bonds is 6. The van der Waals surface area contributed by atoms with Gasteiger partial charge < -0.3 is 5.32 Å². The monoisotopic (exact) mass is 505 g/mol. The van der Waals surface area contributed by atoms with Crippen molar-refractivity contribution >= 4 is 32.4 Å². The van der Waals surface area contributed by atoms with Crippen LogP contribution in [0.1, 0.15) is 38.7 Å². The number of hydrogen-bond donors (Lipinski definition) is 1. The molecule has 1 N–H and O–H groups in total. The van der Waals surface area contributed by atoms with Gasteiger partial charge in [-0.15, -0.1) is 0 Å². The van der Waals surface area contributed by atoms with Gasteiger partial charge in [0.15, 0.2) is 0 Å². The van der Waals surface area contributed by atoms with E-state index >= 15 is 0 Å². The second-order valence-corrected chi connectivity index (χ2v) is 13.0. The summed E-state index contributed by atoms with van der Waals surface area (Å²) in [6.07, 6.45) is 2.65. The Kier molecular flexibility index (Phi) is 6.66. The maximum atomic E-state index is 13.4. The van der Waals surface area contributed by atoms with Gasteiger partial charge >= 0.3 is 0 Å². The molecule has 0 bridgehead atoms. The first-order chi connectivity index (χ1) is 17.2. The van der Waals surface area contributed by atoms with Crippen molar-refractivity contribution < 1.29 is 13.2 Å². The number of piperidine rings is 1. The third-order valence-corrected chi connectivity index (χ3v) is 9.83. The zero-order chi connectivity index (χ0) is 25.4. The smallest absolute Gasteiger partial charge is 0.238 e. The van der Waals surface area contributed by atoms with Crippen molar-refractivity contribution in [1.29, 1.82) is 0 Å². The second-order valence-electron chi connectivity index (χ2n) is 11.1. The fraction of sp³-hybridized carbons (Fsp3) is 0.414. The quantitative estimate of drug-likeness (QED) is 0.519. The summed E-state index contributed by atoms with van der Waals surface area (Å²) >= 11 is 0. The lowest BCUT2D eigenvalue weighted by Crippen LogP contribution is -2.45. The van der Waals surface area contributed by atoms with Crippen LogP contribution in [0.3, 0.4) is 0 Å². The van der Waals surface area contributed by atoms with Gasteiger partial charge in [0.05, 0.1) is 12.3 Å². The van der Waals surface area contributed by atoms with Crippen LogP contribution >= 0.6 is 0 Å². The number of hydrogen-bond acceptors (Lipinski definition) is 4. The van der Waals surface area contributed by atoms with E-state index in [0.29, 0.717) is 13.1 Å². The average Bonchev–Trinajstić information content (AvgIpc) is 3.12. The van der Waals surface area contributed by atoms with Gasteiger partial charge in [-0.2, -0.15) is 4.31 Å². The highest BCUT2D eigenvalue weighted by Gasteiger charge is 2.53. The number of carbonyl (C=O) groups excluding carboxylic acids is 1. The summed E-state index contributed by atoms with van der Waals surface area (Å²) in [7, 11) is -3.43. The standard InChI is InChI=1S/C29H35N3O3S/c1-28(2)21-29(22-32(28)36(34,35)20-23-9-4-3-5-10-23)15-17-31(18-16-29)19-27(33)30-26-14-8-12-24-11-6-7-13-25(24)26/h3-14H,15-22H2,1-2H3,(H,30,33). The molecular weight excluding hydrogens is 470 g/mol. The first-order valence-electron chi connectivity index (χ1n) is 12.7.